The fourth-order valence-electron chi connectivity index (χ4n) is 3.65. The van der Waals surface area contributed by atoms with Gasteiger partial charge in [0.25, 0.3) is 0 Å². The molecular weight excluding hydrogens is 367 g/mol. The maximum Gasteiger partial charge on any atom is 0.228 e. The third-order valence-corrected chi connectivity index (χ3v) is 6.03. The summed E-state index contributed by atoms with van der Waals surface area (Å²) in [4.78, 5) is 21.1. The van der Waals surface area contributed by atoms with Gasteiger partial charge in [-0.15, -0.1) is 0 Å². The first-order valence-corrected chi connectivity index (χ1v) is 9.76. The fourth-order valence-corrected chi connectivity index (χ4v) is 4.61. The molecule has 0 atom stereocenters. The van der Waals surface area contributed by atoms with Gasteiger partial charge in [0.2, 0.25) is 5.91 Å². The van der Waals surface area contributed by atoms with Gasteiger partial charge in [-0.2, -0.15) is 0 Å². The maximum atomic E-state index is 13.1. The molecule has 6 nitrogen and oxygen atoms in total. The van der Waals surface area contributed by atoms with E-state index in [1.165, 1.54) is 12.1 Å². The lowest BCUT2D eigenvalue weighted by atomic mass is 10.0. The Bertz CT molecular complexity index is 967. The quantitative estimate of drug-likeness (QED) is 0.814. The van der Waals surface area contributed by atoms with Crippen molar-refractivity contribution in [2.24, 2.45) is 4.99 Å². The average molecular weight is 384 g/mol. The van der Waals surface area contributed by atoms with Crippen LogP contribution < -0.4 is 0 Å². The average Bonchev–Trinajstić information content (AvgIpc) is 3.39. The second-order valence-corrected chi connectivity index (χ2v) is 7.57. The van der Waals surface area contributed by atoms with Crippen molar-refractivity contribution in [2.75, 3.05) is 19.6 Å². The molecule has 0 N–H and O–H groups in total. The fraction of sp³-hybridized carbons (Fsp3) is 0.316. The summed E-state index contributed by atoms with van der Waals surface area (Å²) < 4.78 is 18.7. The highest BCUT2D eigenvalue weighted by molar-refractivity contribution is 8.16. The highest BCUT2D eigenvalue weighted by Crippen LogP contribution is 2.33. The zero-order valence-corrected chi connectivity index (χ0v) is 15.3. The largest absolute Gasteiger partial charge is 0.356 e. The second-order valence-electron chi connectivity index (χ2n) is 6.73. The molecule has 8 heteroatoms. The molecule has 0 radical (unpaired) electrons. The SMILES string of the molecule is O=C(CC1=CSC2=NCCN12)N1CCc2c(noc2-c2ccc(F)cc2)C1. The first kappa shape index (κ1) is 16.6. The Balaban J connectivity index is 1.30. The molecule has 5 rings (SSSR count). The number of benzene rings is 1. The summed E-state index contributed by atoms with van der Waals surface area (Å²) in [7, 11) is 0. The van der Waals surface area contributed by atoms with Crippen molar-refractivity contribution in [1.82, 2.24) is 15.0 Å². The minimum atomic E-state index is -0.283. The third-order valence-electron chi connectivity index (χ3n) is 5.08. The van der Waals surface area contributed by atoms with Gasteiger partial charge >= 0.3 is 0 Å². The summed E-state index contributed by atoms with van der Waals surface area (Å²) in [6, 6.07) is 6.19. The number of nitrogens with zero attached hydrogens (tertiary/aromatic N) is 4. The van der Waals surface area contributed by atoms with Gasteiger partial charge in [0, 0.05) is 29.9 Å². The van der Waals surface area contributed by atoms with E-state index in [9.17, 15) is 9.18 Å². The Morgan fingerprint density at radius 1 is 1.26 bits per heavy atom. The van der Waals surface area contributed by atoms with Crippen LogP contribution in [0.1, 0.15) is 17.7 Å². The molecule has 138 valence electrons. The van der Waals surface area contributed by atoms with Gasteiger partial charge in [-0.1, -0.05) is 16.9 Å². The molecule has 0 fully saturated rings. The lowest BCUT2D eigenvalue weighted by molar-refractivity contribution is -0.131. The van der Waals surface area contributed by atoms with Crippen LogP contribution in [0.15, 0.2) is 44.9 Å². The molecular formula is C19H17FN4O2S. The van der Waals surface area contributed by atoms with Crippen LogP contribution in [0.2, 0.25) is 0 Å². The molecule has 2 aromatic rings. The van der Waals surface area contributed by atoms with Crippen LogP contribution >= 0.6 is 11.8 Å². The van der Waals surface area contributed by atoms with E-state index in [4.69, 9.17) is 4.52 Å². The predicted octanol–water partition coefficient (Wildman–Crippen LogP) is 3.02. The topological polar surface area (TPSA) is 61.9 Å². The van der Waals surface area contributed by atoms with Crippen molar-refractivity contribution >= 4 is 22.8 Å². The summed E-state index contributed by atoms with van der Waals surface area (Å²) in [6.07, 6.45) is 1.06. The van der Waals surface area contributed by atoms with Crippen LogP contribution in [-0.4, -0.2) is 45.7 Å². The highest BCUT2D eigenvalue weighted by Gasteiger charge is 2.31. The number of hydrogen-bond donors (Lipinski definition) is 0. The number of thioether (sulfide) groups is 1. The number of amides is 1. The van der Waals surface area contributed by atoms with Crippen LogP contribution in [-0.2, 0) is 17.8 Å². The molecule has 0 unspecified atom stereocenters. The van der Waals surface area contributed by atoms with Crippen LogP contribution in [0.4, 0.5) is 4.39 Å². The van der Waals surface area contributed by atoms with Crippen molar-refractivity contribution < 1.29 is 13.7 Å². The lowest BCUT2D eigenvalue weighted by Gasteiger charge is -2.27. The summed E-state index contributed by atoms with van der Waals surface area (Å²) in [5.41, 5.74) is 3.63. The van der Waals surface area contributed by atoms with E-state index in [0.29, 0.717) is 31.7 Å². The minimum Gasteiger partial charge on any atom is -0.356 e. The van der Waals surface area contributed by atoms with E-state index in [2.05, 4.69) is 15.0 Å². The second kappa shape index (κ2) is 6.53. The summed E-state index contributed by atoms with van der Waals surface area (Å²) in [5, 5.41) is 7.18. The zero-order valence-electron chi connectivity index (χ0n) is 14.5. The summed E-state index contributed by atoms with van der Waals surface area (Å²) >= 11 is 1.59. The molecule has 0 spiro atoms. The molecule has 1 aromatic heterocycles. The van der Waals surface area contributed by atoms with Crippen molar-refractivity contribution in [3.05, 3.63) is 52.4 Å². The van der Waals surface area contributed by atoms with Gasteiger partial charge in [0.15, 0.2) is 10.9 Å². The van der Waals surface area contributed by atoms with E-state index in [0.717, 1.165) is 40.8 Å². The zero-order chi connectivity index (χ0) is 18.4. The normalized spacial score (nSPS) is 18.3. The number of carbonyl (C=O) groups is 1. The maximum absolute atomic E-state index is 13.1. The van der Waals surface area contributed by atoms with Crippen LogP contribution in [0.5, 0.6) is 0 Å². The molecule has 4 heterocycles. The van der Waals surface area contributed by atoms with Crippen molar-refractivity contribution in [3.63, 3.8) is 0 Å². The van der Waals surface area contributed by atoms with E-state index in [1.807, 2.05) is 10.3 Å². The number of rotatable bonds is 3. The van der Waals surface area contributed by atoms with Crippen molar-refractivity contribution in [3.8, 4) is 11.3 Å². The van der Waals surface area contributed by atoms with E-state index in [-0.39, 0.29) is 11.7 Å². The predicted molar refractivity (Wildman–Crippen MR) is 100 cm³/mol. The van der Waals surface area contributed by atoms with Gasteiger partial charge in [-0.05, 0) is 36.1 Å². The van der Waals surface area contributed by atoms with E-state index in [1.54, 1.807) is 23.9 Å². The highest BCUT2D eigenvalue weighted by atomic mass is 32.2. The molecule has 1 aromatic carbocycles. The molecule has 0 saturated carbocycles. The Hall–Kier alpha value is -2.61. The van der Waals surface area contributed by atoms with Gasteiger partial charge in [-0.25, -0.2) is 4.39 Å². The van der Waals surface area contributed by atoms with Crippen LogP contribution in [0, 0.1) is 5.82 Å². The molecule has 3 aliphatic heterocycles. The standard InChI is InChI=1S/C19H17FN4O2S/c20-13-3-1-12(2-4-13)18-15-5-7-23(10-16(15)22-26-18)17(25)9-14-11-27-19-21-6-8-24(14)19/h1-4,11H,5-10H2. The first-order valence-electron chi connectivity index (χ1n) is 8.88. The molecule has 0 bridgehead atoms. The van der Waals surface area contributed by atoms with Gasteiger partial charge in [-0.3, -0.25) is 9.79 Å². The van der Waals surface area contributed by atoms with Gasteiger partial charge in [0.05, 0.1) is 19.5 Å². The van der Waals surface area contributed by atoms with Gasteiger partial charge < -0.3 is 14.3 Å². The number of fused-ring (bicyclic) bond motifs is 2. The third kappa shape index (κ3) is 2.93. The van der Waals surface area contributed by atoms with Crippen LogP contribution in [0.3, 0.4) is 0 Å². The first-order chi connectivity index (χ1) is 13.2. The lowest BCUT2D eigenvalue weighted by Crippen LogP contribution is -2.37. The van der Waals surface area contributed by atoms with E-state index < -0.39 is 0 Å². The van der Waals surface area contributed by atoms with E-state index >= 15 is 0 Å². The van der Waals surface area contributed by atoms with Gasteiger partial charge in [0.1, 0.15) is 11.5 Å². The molecule has 1 amide bonds. The monoisotopic (exact) mass is 384 g/mol. The number of halogens is 1. The van der Waals surface area contributed by atoms with Crippen molar-refractivity contribution in [2.45, 2.75) is 19.4 Å². The van der Waals surface area contributed by atoms with Crippen molar-refractivity contribution in [1.29, 1.82) is 0 Å². The summed E-state index contributed by atoms with van der Waals surface area (Å²) in [5.74, 6) is 0.478. The Kier molecular flexibility index (Phi) is 4.00. The molecule has 27 heavy (non-hydrogen) atoms. The van der Waals surface area contributed by atoms with Crippen LogP contribution in [0.25, 0.3) is 11.3 Å². The number of hydrogen-bond acceptors (Lipinski definition) is 6. The number of aliphatic imine (C=N–C) groups is 1. The summed E-state index contributed by atoms with van der Waals surface area (Å²) in [6.45, 7) is 2.73. The Labute approximate surface area is 159 Å². The smallest absolute Gasteiger partial charge is 0.228 e. The minimum absolute atomic E-state index is 0.0898. The number of amidine groups is 1. The molecule has 0 aliphatic carbocycles. The Morgan fingerprint density at radius 2 is 2.11 bits per heavy atom. The molecule has 0 saturated heterocycles. The molecule has 3 aliphatic rings. The number of aromatic nitrogens is 1. The number of carbonyl (C=O) groups excluding carboxylic acids is 1. The Morgan fingerprint density at radius 3 is 2.96 bits per heavy atom.